The fourth-order valence-electron chi connectivity index (χ4n) is 4.46. The van der Waals surface area contributed by atoms with Crippen LogP contribution in [0.1, 0.15) is 47.5 Å². The topological polar surface area (TPSA) is 108 Å². The van der Waals surface area contributed by atoms with Gasteiger partial charge in [0.2, 0.25) is 0 Å². The first-order valence-corrected chi connectivity index (χ1v) is 16.7. The Hall–Kier alpha value is -4.02. The van der Waals surface area contributed by atoms with E-state index in [0.29, 0.717) is 50.3 Å². The van der Waals surface area contributed by atoms with Crippen LogP contribution in [-0.2, 0) is 52.3 Å². The van der Waals surface area contributed by atoms with Crippen molar-refractivity contribution in [2.45, 2.75) is 62.9 Å². The van der Waals surface area contributed by atoms with E-state index in [1.54, 1.807) is 12.1 Å². The summed E-state index contributed by atoms with van der Waals surface area (Å²) in [6.07, 6.45) is 7.60. The molecule has 10 heteroatoms. The lowest BCUT2D eigenvalue weighted by Crippen LogP contribution is -2.23. The number of carboxylic acid groups (broad SMARTS) is 1. The molecule has 1 N–H and O–H groups in total. The first kappa shape index (κ1) is 34.8. The van der Waals surface area contributed by atoms with Crippen LogP contribution in [0.15, 0.2) is 85.2 Å². The highest BCUT2D eigenvalue weighted by Gasteiger charge is 2.25. The number of rotatable bonds is 18. The van der Waals surface area contributed by atoms with E-state index in [1.165, 1.54) is 11.1 Å². The summed E-state index contributed by atoms with van der Waals surface area (Å²) in [4.78, 5) is 33.4. The lowest BCUT2D eigenvalue weighted by atomic mass is 10.1. The molecule has 0 amide bonds. The second-order valence-electron chi connectivity index (χ2n) is 10.8. The molecule has 2 aromatic carbocycles. The van der Waals surface area contributed by atoms with Gasteiger partial charge in [-0.15, -0.1) is 0 Å². The van der Waals surface area contributed by atoms with Gasteiger partial charge in [0.1, 0.15) is 22.0 Å². The number of aryl methyl sites for hydroxylation is 2. The minimum atomic E-state index is -1.07. The summed E-state index contributed by atoms with van der Waals surface area (Å²) in [5.74, 6) is -0.252. The third-order valence-corrected chi connectivity index (χ3v) is 8.59. The average molecular weight is 661 g/mol. The average Bonchev–Trinajstić information content (AvgIpc) is 3.08. The number of pyridine rings is 2. The summed E-state index contributed by atoms with van der Waals surface area (Å²) in [6.45, 7) is 5.18. The Morgan fingerprint density at radius 3 is 1.59 bits per heavy atom. The Labute approximate surface area is 280 Å². The van der Waals surface area contributed by atoms with Gasteiger partial charge < -0.3 is 18.8 Å². The normalized spacial score (nSPS) is 12.2. The van der Waals surface area contributed by atoms with Crippen LogP contribution in [0.2, 0.25) is 0 Å². The van der Waals surface area contributed by atoms with Crippen molar-refractivity contribution in [3.8, 4) is 11.5 Å². The molecule has 242 valence electrons. The molecule has 8 nitrogen and oxygen atoms in total. The van der Waals surface area contributed by atoms with Gasteiger partial charge in [-0.1, -0.05) is 50.2 Å². The molecule has 2 heterocycles. The summed E-state index contributed by atoms with van der Waals surface area (Å²) in [5, 5.41) is 8.01. The molecule has 2 atom stereocenters. The largest absolute Gasteiger partial charge is 0.493 e. The van der Waals surface area contributed by atoms with Crippen molar-refractivity contribution in [2.75, 3.05) is 13.2 Å². The quantitative estimate of drug-likeness (QED) is 0.0905. The van der Waals surface area contributed by atoms with Gasteiger partial charge in [-0.25, -0.2) is 4.79 Å². The molecule has 4 rings (SSSR count). The maximum atomic E-state index is 12.6. The highest BCUT2D eigenvalue weighted by molar-refractivity contribution is 7.96. The molecule has 0 radical (unpaired) electrons. The molecule has 0 fully saturated rings. The van der Waals surface area contributed by atoms with Gasteiger partial charge in [0.15, 0.2) is 0 Å². The second kappa shape index (κ2) is 18.2. The molecular formula is C36H40N2O6S2. The first-order valence-electron chi connectivity index (χ1n) is 15.4. The van der Waals surface area contributed by atoms with E-state index < -0.39 is 22.4 Å². The van der Waals surface area contributed by atoms with Crippen LogP contribution in [0.25, 0.3) is 0 Å². The first-order chi connectivity index (χ1) is 22.3. The number of nitrogens with zero attached hydrogens (tertiary/aromatic N) is 2. The number of aliphatic carboxylic acids is 1. The highest BCUT2D eigenvalue weighted by atomic mass is 32.2. The van der Waals surface area contributed by atoms with Gasteiger partial charge in [-0.05, 0) is 84.3 Å². The van der Waals surface area contributed by atoms with Gasteiger partial charge in [0, 0.05) is 36.6 Å². The van der Waals surface area contributed by atoms with Gasteiger partial charge in [-0.2, -0.15) is 12.6 Å². The third kappa shape index (κ3) is 11.4. The number of hydrogen-bond donors (Lipinski definition) is 2. The number of aromatic nitrogens is 2. The van der Waals surface area contributed by atoms with Crippen molar-refractivity contribution in [1.29, 1.82) is 0 Å². The Balaban J connectivity index is 1.17. The Morgan fingerprint density at radius 2 is 1.17 bits per heavy atom. The van der Waals surface area contributed by atoms with Crippen LogP contribution in [0, 0.1) is 0 Å². The minimum Gasteiger partial charge on any atom is -0.493 e. The lowest BCUT2D eigenvalue weighted by molar-refractivity contribution is -0.136. The molecule has 2 unspecified atom stereocenters. The van der Waals surface area contributed by atoms with E-state index in [1.807, 2.05) is 60.9 Å². The molecule has 2 aromatic heterocycles. The van der Waals surface area contributed by atoms with Crippen LogP contribution in [0.4, 0.5) is 0 Å². The molecule has 0 spiro atoms. The summed E-state index contributed by atoms with van der Waals surface area (Å²) in [6, 6.07) is 22.9. The molecule has 0 aliphatic heterocycles. The summed E-state index contributed by atoms with van der Waals surface area (Å²) >= 11 is 5.05. The number of hydrogen-bond acceptors (Lipinski definition) is 9. The van der Waals surface area contributed by atoms with E-state index in [4.69, 9.17) is 13.7 Å². The van der Waals surface area contributed by atoms with Crippen molar-refractivity contribution in [1.82, 2.24) is 9.97 Å². The molecule has 0 aliphatic carbocycles. The molecule has 4 aromatic rings. The standard InChI is InChI=1S/C36H40N2O6S2/c1-3-25-5-11-29(37-23-25)17-19-42-31-13-7-27(8-14-31)21-33(45)36(41)44-46-34(35(39)40)22-28-9-15-32(16-10-28)43-20-18-30-12-6-26(4-2)24-38-30/h5-16,23-24,33-34,45H,3-4,17-22H2,1-2H3,(H,39,40). The van der Waals surface area contributed by atoms with Crippen LogP contribution in [-0.4, -0.2) is 50.7 Å². The monoisotopic (exact) mass is 660 g/mol. The Bertz CT molecular complexity index is 1510. The lowest BCUT2D eigenvalue weighted by Gasteiger charge is -2.14. The van der Waals surface area contributed by atoms with Crippen molar-refractivity contribution in [2.24, 2.45) is 0 Å². The van der Waals surface area contributed by atoms with Crippen molar-refractivity contribution < 1.29 is 28.4 Å². The Kier molecular flexibility index (Phi) is 13.8. The summed E-state index contributed by atoms with van der Waals surface area (Å²) in [5.41, 5.74) is 6.02. The molecule has 0 bridgehead atoms. The maximum Gasteiger partial charge on any atom is 0.331 e. The molecule has 0 saturated heterocycles. The minimum absolute atomic E-state index is 0.181. The zero-order valence-electron chi connectivity index (χ0n) is 26.1. The van der Waals surface area contributed by atoms with Crippen LogP contribution in [0.5, 0.6) is 11.5 Å². The number of ether oxygens (including phenoxy) is 2. The van der Waals surface area contributed by atoms with Crippen molar-refractivity contribution in [3.05, 3.63) is 119 Å². The predicted octanol–water partition coefficient (Wildman–Crippen LogP) is 6.57. The number of benzene rings is 2. The smallest absolute Gasteiger partial charge is 0.331 e. The second-order valence-corrected chi connectivity index (χ2v) is 12.3. The zero-order valence-corrected chi connectivity index (χ0v) is 27.8. The molecule has 46 heavy (non-hydrogen) atoms. The molecule has 0 saturated carbocycles. The van der Waals surface area contributed by atoms with Crippen LogP contribution in [0.3, 0.4) is 0 Å². The third-order valence-electron chi connectivity index (χ3n) is 7.33. The number of carboxylic acids is 1. The predicted molar refractivity (Wildman–Crippen MR) is 184 cm³/mol. The van der Waals surface area contributed by atoms with E-state index in [0.717, 1.165) is 41.1 Å². The van der Waals surface area contributed by atoms with E-state index in [2.05, 4.69) is 48.6 Å². The Morgan fingerprint density at radius 1 is 0.717 bits per heavy atom. The van der Waals surface area contributed by atoms with Crippen molar-refractivity contribution >= 4 is 36.6 Å². The van der Waals surface area contributed by atoms with Gasteiger partial charge in [0.05, 0.1) is 25.3 Å². The molecule has 0 aliphatic rings. The van der Waals surface area contributed by atoms with E-state index in [9.17, 15) is 14.7 Å². The van der Waals surface area contributed by atoms with Gasteiger partial charge >= 0.3 is 11.9 Å². The van der Waals surface area contributed by atoms with Gasteiger partial charge in [-0.3, -0.25) is 14.8 Å². The van der Waals surface area contributed by atoms with Crippen molar-refractivity contribution in [3.63, 3.8) is 0 Å². The highest BCUT2D eigenvalue weighted by Crippen LogP contribution is 2.23. The van der Waals surface area contributed by atoms with Crippen LogP contribution >= 0.6 is 24.7 Å². The zero-order chi connectivity index (χ0) is 32.7. The summed E-state index contributed by atoms with van der Waals surface area (Å²) in [7, 11) is 0. The van der Waals surface area contributed by atoms with Crippen LogP contribution < -0.4 is 9.47 Å². The number of carbonyl (C=O) groups is 2. The SMILES string of the molecule is CCc1ccc(CCOc2ccc(CC(S)C(=O)OSC(Cc3ccc(OCCc4ccc(CC)cn4)cc3)C(=O)O)cc2)nc1. The van der Waals surface area contributed by atoms with E-state index in [-0.39, 0.29) is 6.42 Å². The maximum absolute atomic E-state index is 12.6. The van der Waals surface area contributed by atoms with E-state index >= 15 is 0 Å². The molecular weight excluding hydrogens is 621 g/mol. The fraction of sp³-hybridized carbons (Fsp3) is 0.333. The summed E-state index contributed by atoms with van der Waals surface area (Å²) < 4.78 is 17.0. The van der Waals surface area contributed by atoms with Gasteiger partial charge in [0.25, 0.3) is 0 Å². The number of thiol groups is 1. The fourth-order valence-corrected chi connectivity index (χ4v) is 5.46. The number of carbonyl (C=O) groups excluding carboxylic acids is 1.